The third-order valence-electron chi connectivity index (χ3n) is 4.91. The Bertz CT molecular complexity index is 1040. The molecule has 0 aliphatic heterocycles. The summed E-state index contributed by atoms with van der Waals surface area (Å²) >= 11 is 0. The Labute approximate surface area is 190 Å². The number of para-hydroxylation sites is 1. The SMILES string of the molecule is CCOc1ccc(N([C@@H](C)C(=O)Nc2ccccc2C(=O)N[C@H](C)CC)S(C)(=O)=O)cc1. The largest absolute Gasteiger partial charge is 0.494 e. The lowest BCUT2D eigenvalue weighted by Gasteiger charge is -2.28. The molecular weight excluding hydrogens is 430 g/mol. The first-order valence-corrected chi connectivity index (χ1v) is 12.4. The van der Waals surface area contributed by atoms with Crippen LogP contribution in [0.1, 0.15) is 44.5 Å². The average Bonchev–Trinajstić information content (AvgIpc) is 2.74. The van der Waals surface area contributed by atoms with Gasteiger partial charge in [0.1, 0.15) is 11.8 Å². The van der Waals surface area contributed by atoms with E-state index in [0.717, 1.165) is 17.0 Å². The van der Waals surface area contributed by atoms with Gasteiger partial charge in [-0.15, -0.1) is 0 Å². The summed E-state index contributed by atoms with van der Waals surface area (Å²) in [6, 6.07) is 12.0. The Balaban J connectivity index is 2.29. The maximum Gasteiger partial charge on any atom is 0.253 e. The van der Waals surface area contributed by atoms with Crippen LogP contribution in [0.25, 0.3) is 0 Å². The van der Waals surface area contributed by atoms with Gasteiger partial charge >= 0.3 is 0 Å². The Morgan fingerprint density at radius 3 is 2.22 bits per heavy atom. The number of hydrogen-bond donors (Lipinski definition) is 2. The highest BCUT2D eigenvalue weighted by atomic mass is 32.2. The molecule has 2 N–H and O–H groups in total. The number of nitrogens with one attached hydrogen (secondary N) is 2. The van der Waals surface area contributed by atoms with E-state index in [-0.39, 0.29) is 11.9 Å². The summed E-state index contributed by atoms with van der Waals surface area (Å²) < 4.78 is 31.5. The molecule has 0 radical (unpaired) electrons. The van der Waals surface area contributed by atoms with E-state index in [1.165, 1.54) is 6.92 Å². The molecule has 0 heterocycles. The summed E-state index contributed by atoms with van der Waals surface area (Å²) in [6.45, 7) is 7.68. The van der Waals surface area contributed by atoms with E-state index < -0.39 is 22.0 Å². The van der Waals surface area contributed by atoms with Gasteiger partial charge in [0.25, 0.3) is 5.91 Å². The van der Waals surface area contributed by atoms with Crippen LogP contribution in [-0.2, 0) is 14.8 Å². The second-order valence-corrected chi connectivity index (χ2v) is 9.34. The minimum atomic E-state index is -3.77. The number of nitrogens with zero attached hydrogens (tertiary/aromatic N) is 1. The number of rotatable bonds is 10. The minimum Gasteiger partial charge on any atom is -0.494 e. The number of benzene rings is 2. The summed E-state index contributed by atoms with van der Waals surface area (Å²) in [5.74, 6) is -0.273. The Morgan fingerprint density at radius 1 is 1.03 bits per heavy atom. The maximum atomic E-state index is 13.0. The van der Waals surface area contributed by atoms with E-state index in [9.17, 15) is 18.0 Å². The zero-order valence-electron chi connectivity index (χ0n) is 19.1. The molecule has 174 valence electrons. The molecule has 32 heavy (non-hydrogen) atoms. The summed E-state index contributed by atoms with van der Waals surface area (Å²) in [5, 5.41) is 5.57. The predicted molar refractivity (Wildman–Crippen MR) is 127 cm³/mol. The lowest BCUT2D eigenvalue weighted by Crippen LogP contribution is -2.45. The second-order valence-electron chi connectivity index (χ2n) is 7.48. The zero-order valence-corrected chi connectivity index (χ0v) is 19.9. The molecule has 0 fully saturated rings. The van der Waals surface area contributed by atoms with Crippen LogP contribution >= 0.6 is 0 Å². The third-order valence-corrected chi connectivity index (χ3v) is 6.15. The molecule has 0 saturated carbocycles. The lowest BCUT2D eigenvalue weighted by molar-refractivity contribution is -0.116. The van der Waals surface area contributed by atoms with E-state index >= 15 is 0 Å². The van der Waals surface area contributed by atoms with Gasteiger partial charge in [0.05, 0.1) is 29.8 Å². The molecule has 2 rings (SSSR count). The normalized spacial score (nSPS) is 13.0. The molecule has 0 spiro atoms. The fourth-order valence-corrected chi connectivity index (χ4v) is 4.27. The van der Waals surface area contributed by atoms with Crippen LogP contribution in [-0.4, -0.2) is 45.2 Å². The molecule has 0 aromatic heterocycles. The van der Waals surface area contributed by atoms with Gasteiger partial charge in [-0.05, 0) is 63.6 Å². The number of anilines is 2. The molecule has 2 amide bonds. The number of ether oxygens (including phenoxy) is 1. The molecule has 0 unspecified atom stereocenters. The Hall–Kier alpha value is -3.07. The minimum absolute atomic E-state index is 0.0226. The van der Waals surface area contributed by atoms with Crippen molar-refractivity contribution in [3.05, 3.63) is 54.1 Å². The van der Waals surface area contributed by atoms with Gasteiger partial charge in [0, 0.05) is 6.04 Å². The summed E-state index contributed by atoms with van der Waals surface area (Å²) in [7, 11) is -3.77. The van der Waals surface area contributed by atoms with Crippen molar-refractivity contribution in [1.29, 1.82) is 0 Å². The molecule has 8 nitrogen and oxygen atoms in total. The van der Waals surface area contributed by atoms with Crippen LogP contribution in [0.2, 0.25) is 0 Å². The summed E-state index contributed by atoms with van der Waals surface area (Å²) in [5.41, 5.74) is 0.951. The molecule has 2 aromatic carbocycles. The highest BCUT2D eigenvalue weighted by molar-refractivity contribution is 7.92. The first kappa shape index (κ1) is 25.2. The van der Waals surface area contributed by atoms with Crippen molar-refractivity contribution in [2.45, 2.75) is 46.2 Å². The van der Waals surface area contributed by atoms with Gasteiger partial charge in [0.15, 0.2) is 0 Å². The van der Waals surface area contributed by atoms with Crippen molar-refractivity contribution in [3.63, 3.8) is 0 Å². The average molecular weight is 462 g/mol. The molecule has 0 aliphatic rings. The van der Waals surface area contributed by atoms with Crippen LogP contribution < -0.4 is 19.7 Å². The molecule has 2 aromatic rings. The molecule has 2 atom stereocenters. The Morgan fingerprint density at radius 2 is 1.66 bits per heavy atom. The van der Waals surface area contributed by atoms with Crippen molar-refractivity contribution < 1.29 is 22.7 Å². The van der Waals surface area contributed by atoms with E-state index in [2.05, 4.69) is 10.6 Å². The highest BCUT2D eigenvalue weighted by Gasteiger charge is 2.30. The number of carbonyl (C=O) groups is 2. The summed E-state index contributed by atoms with van der Waals surface area (Å²) in [4.78, 5) is 25.6. The fourth-order valence-electron chi connectivity index (χ4n) is 3.10. The smallest absolute Gasteiger partial charge is 0.253 e. The van der Waals surface area contributed by atoms with Crippen LogP contribution in [0, 0.1) is 0 Å². The van der Waals surface area contributed by atoms with Gasteiger partial charge in [0.2, 0.25) is 15.9 Å². The van der Waals surface area contributed by atoms with E-state index in [1.54, 1.807) is 48.5 Å². The number of amides is 2. The van der Waals surface area contributed by atoms with Crippen LogP contribution in [0.4, 0.5) is 11.4 Å². The van der Waals surface area contributed by atoms with Crippen molar-refractivity contribution in [1.82, 2.24) is 5.32 Å². The monoisotopic (exact) mass is 461 g/mol. The molecule has 0 bridgehead atoms. The molecule has 0 saturated heterocycles. The number of sulfonamides is 1. The predicted octanol–water partition coefficient (Wildman–Crippen LogP) is 3.41. The first-order valence-electron chi connectivity index (χ1n) is 10.5. The third kappa shape index (κ3) is 6.46. The topological polar surface area (TPSA) is 105 Å². The van der Waals surface area contributed by atoms with Crippen molar-refractivity contribution in [2.24, 2.45) is 0 Å². The molecular formula is C23H31N3O5S. The molecule has 0 aliphatic carbocycles. The second kappa shape index (κ2) is 11.0. The van der Waals surface area contributed by atoms with Gasteiger partial charge in [-0.3, -0.25) is 13.9 Å². The fraction of sp³-hybridized carbons (Fsp3) is 0.391. The quantitative estimate of drug-likeness (QED) is 0.564. The number of hydrogen-bond acceptors (Lipinski definition) is 5. The highest BCUT2D eigenvalue weighted by Crippen LogP contribution is 2.25. The lowest BCUT2D eigenvalue weighted by atomic mass is 10.1. The van der Waals surface area contributed by atoms with Crippen molar-refractivity contribution in [2.75, 3.05) is 22.5 Å². The van der Waals surface area contributed by atoms with E-state index in [4.69, 9.17) is 4.74 Å². The van der Waals surface area contributed by atoms with Crippen molar-refractivity contribution >= 4 is 33.2 Å². The summed E-state index contributed by atoms with van der Waals surface area (Å²) in [6.07, 6.45) is 1.81. The van der Waals surface area contributed by atoms with Gasteiger partial charge in [-0.25, -0.2) is 8.42 Å². The van der Waals surface area contributed by atoms with Crippen LogP contribution in [0.5, 0.6) is 5.75 Å². The maximum absolute atomic E-state index is 13.0. The van der Waals surface area contributed by atoms with E-state index in [0.29, 0.717) is 29.3 Å². The van der Waals surface area contributed by atoms with Crippen LogP contribution in [0.3, 0.4) is 0 Å². The zero-order chi connectivity index (χ0) is 23.9. The van der Waals surface area contributed by atoms with Gasteiger partial charge < -0.3 is 15.4 Å². The number of carbonyl (C=O) groups excluding carboxylic acids is 2. The molecule has 9 heteroatoms. The van der Waals surface area contributed by atoms with Crippen molar-refractivity contribution in [3.8, 4) is 5.75 Å². The van der Waals surface area contributed by atoms with Gasteiger partial charge in [-0.2, -0.15) is 0 Å². The van der Waals surface area contributed by atoms with E-state index in [1.807, 2.05) is 20.8 Å². The standard InChI is InChI=1S/C23H31N3O5S/c1-6-16(3)24-23(28)20-10-8-9-11-21(20)25-22(27)17(4)26(32(5,29)30)18-12-14-19(15-13-18)31-7-2/h8-17H,6-7H2,1-5H3,(H,24,28)(H,25,27)/t16-,17+/m1/s1. The Kier molecular flexibility index (Phi) is 8.65. The van der Waals surface area contributed by atoms with Gasteiger partial charge in [-0.1, -0.05) is 19.1 Å². The van der Waals surface area contributed by atoms with Crippen LogP contribution in [0.15, 0.2) is 48.5 Å². The first-order chi connectivity index (χ1) is 15.1.